The fourth-order valence-corrected chi connectivity index (χ4v) is 2.41. The third-order valence-corrected chi connectivity index (χ3v) is 3.53. The number of carbonyl (C=O) groups excluding carboxylic acids is 1. The van der Waals surface area contributed by atoms with E-state index in [1.165, 1.54) is 0 Å². The predicted octanol–water partition coefficient (Wildman–Crippen LogP) is 3.68. The van der Waals surface area contributed by atoms with Crippen molar-refractivity contribution in [2.45, 2.75) is 18.9 Å². The fraction of sp³-hybridized carbons (Fsp3) is 0.167. The third-order valence-electron chi connectivity index (χ3n) is 3.53. The Morgan fingerprint density at radius 2 is 1.86 bits per heavy atom. The van der Waals surface area contributed by atoms with Crippen LogP contribution in [0, 0.1) is 0 Å². The molecule has 0 aliphatic carbocycles. The number of carbonyl (C=O) groups is 1. The van der Waals surface area contributed by atoms with Gasteiger partial charge in [0.2, 0.25) is 5.91 Å². The van der Waals surface area contributed by atoms with Crippen LogP contribution >= 0.6 is 0 Å². The van der Waals surface area contributed by atoms with Gasteiger partial charge in [0, 0.05) is 23.9 Å². The summed E-state index contributed by atoms with van der Waals surface area (Å²) in [6.45, 7) is 3.91. The van der Waals surface area contributed by atoms with Crippen molar-refractivity contribution in [3.05, 3.63) is 66.9 Å². The average molecular weight is 294 g/mol. The first-order chi connectivity index (χ1) is 10.7. The zero-order chi connectivity index (χ0) is 15.4. The van der Waals surface area contributed by atoms with Crippen LogP contribution in [-0.2, 0) is 4.79 Å². The minimum absolute atomic E-state index is 0.0317. The van der Waals surface area contributed by atoms with E-state index < -0.39 is 0 Å². The van der Waals surface area contributed by atoms with E-state index in [0.717, 1.165) is 23.6 Å². The molecule has 4 nitrogen and oxygen atoms in total. The van der Waals surface area contributed by atoms with Crippen molar-refractivity contribution in [2.75, 3.05) is 5.32 Å². The zero-order valence-corrected chi connectivity index (χ0v) is 12.2. The maximum atomic E-state index is 11.3. The molecule has 22 heavy (non-hydrogen) atoms. The summed E-state index contributed by atoms with van der Waals surface area (Å²) in [6, 6.07) is 17.5. The lowest BCUT2D eigenvalue weighted by Crippen LogP contribution is -2.39. The molecule has 0 bridgehead atoms. The van der Waals surface area contributed by atoms with Crippen LogP contribution in [0.4, 0.5) is 5.69 Å². The number of ether oxygens (including phenoxy) is 1. The van der Waals surface area contributed by atoms with E-state index in [9.17, 15) is 4.79 Å². The van der Waals surface area contributed by atoms with Gasteiger partial charge in [-0.3, -0.25) is 4.79 Å². The Bertz CT molecular complexity index is 682. The van der Waals surface area contributed by atoms with E-state index in [1.54, 1.807) is 0 Å². The molecule has 2 aromatic carbocycles. The second kappa shape index (κ2) is 6.35. The van der Waals surface area contributed by atoms with Gasteiger partial charge in [-0.15, -0.1) is 0 Å². The topological polar surface area (TPSA) is 50.4 Å². The Kier molecular flexibility index (Phi) is 4.10. The molecule has 2 N–H and O–H groups in total. The predicted molar refractivity (Wildman–Crippen MR) is 86.9 cm³/mol. The van der Waals surface area contributed by atoms with Crippen LogP contribution in [0.25, 0.3) is 0 Å². The van der Waals surface area contributed by atoms with Gasteiger partial charge in [-0.1, -0.05) is 30.8 Å². The summed E-state index contributed by atoms with van der Waals surface area (Å²) in [7, 11) is 0. The highest BCUT2D eigenvalue weighted by molar-refractivity contribution is 5.79. The number of anilines is 1. The van der Waals surface area contributed by atoms with Gasteiger partial charge in [-0.2, -0.15) is 0 Å². The number of hydrogen-bond donors (Lipinski definition) is 2. The molecular formula is C18H18N2O2. The molecule has 3 rings (SSSR count). The lowest BCUT2D eigenvalue weighted by Gasteiger charge is -2.26. The zero-order valence-electron chi connectivity index (χ0n) is 12.2. The van der Waals surface area contributed by atoms with Crippen molar-refractivity contribution < 1.29 is 9.53 Å². The summed E-state index contributed by atoms with van der Waals surface area (Å²) in [4.78, 5) is 11.3. The van der Waals surface area contributed by atoms with Gasteiger partial charge in [0.15, 0.2) is 0 Å². The summed E-state index contributed by atoms with van der Waals surface area (Å²) in [5.74, 6) is 1.60. The minimum atomic E-state index is 0.0317. The van der Waals surface area contributed by atoms with E-state index in [4.69, 9.17) is 4.74 Å². The van der Waals surface area contributed by atoms with E-state index in [1.807, 2.05) is 54.6 Å². The van der Waals surface area contributed by atoms with Crippen LogP contribution in [0.5, 0.6) is 11.5 Å². The highest BCUT2D eigenvalue weighted by Gasteiger charge is 2.21. The van der Waals surface area contributed by atoms with Gasteiger partial charge in [-0.05, 0) is 30.7 Å². The number of piperidine rings is 1. The maximum Gasteiger partial charge on any atom is 0.224 e. The molecule has 1 aliphatic heterocycles. The number of rotatable bonds is 4. The lowest BCUT2D eigenvalue weighted by atomic mass is 10.0. The quantitative estimate of drug-likeness (QED) is 0.904. The maximum absolute atomic E-state index is 11.3. The highest BCUT2D eigenvalue weighted by atomic mass is 16.5. The summed E-state index contributed by atoms with van der Waals surface area (Å²) in [5, 5.41) is 6.16. The van der Waals surface area contributed by atoms with Gasteiger partial charge < -0.3 is 15.4 Å². The molecule has 1 fully saturated rings. The van der Waals surface area contributed by atoms with Crippen molar-refractivity contribution in [1.29, 1.82) is 0 Å². The first kappa shape index (κ1) is 14.2. The van der Waals surface area contributed by atoms with Crippen molar-refractivity contribution in [3.63, 3.8) is 0 Å². The van der Waals surface area contributed by atoms with E-state index in [-0.39, 0.29) is 11.9 Å². The molecule has 4 heteroatoms. The standard InChI is InChI=1S/C18H18N2O2/c1-13-17(10-11-18(21)19-13)20-14-6-5-9-16(12-14)22-15-7-3-2-4-8-15/h2-9,12,17,20H,1,10-11H2,(H,19,21). The Morgan fingerprint density at radius 3 is 2.64 bits per heavy atom. The Balaban J connectivity index is 1.69. The highest BCUT2D eigenvalue weighted by Crippen LogP contribution is 2.25. The third kappa shape index (κ3) is 3.47. The van der Waals surface area contributed by atoms with Gasteiger partial charge in [0.25, 0.3) is 0 Å². The molecule has 0 aromatic heterocycles. The van der Waals surface area contributed by atoms with Crippen molar-refractivity contribution in [3.8, 4) is 11.5 Å². The van der Waals surface area contributed by atoms with Crippen molar-refractivity contribution in [1.82, 2.24) is 5.32 Å². The Hall–Kier alpha value is -2.75. The molecular weight excluding hydrogens is 276 g/mol. The van der Waals surface area contributed by atoms with Crippen LogP contribution in [0.1, 0.15) is 12.8 Å². The first-order valence-electron chi connectivity index (χ1n) is 7.29. The molecule has 1 atom stereocenters. The fourth-order valence-electron chi connectivity index (χ4n) is 2.41. The second-order valence-electron chi connectivity index (χ2n) is 5.25. The first-order valence-corrected chi connectivity index (χ1v) is 7.29. The van der Waals surface area contributed by atoms with Crippen LogP contribution < -0.4 is 15.4 Å². The summed E-state index contributed by atoms with van der Waals surface area (Å²) >= 11 is 0. The summed E-state index contributed by atoms with van der Waals surface area (Å²) in [6.07, 6.45) is 1.26. The van der Waals surface area contributed by atoms with Crippen LogP contribution in [0.15, 0.2) is 66.9 Å². The molecule has 1 aliphatic rings. The van der Waals surface area contributed by atoms with Gasteiger partial charge in [-0.25, -0.2) is 0 Å². The molecule has 1 amide bonds. The van der Waals surface area contributed by atoms with Crippen molar-refractivity contribution in [2.24, 2.45) is 0 Å². The number of benzene rings is 2. The molecule has 1 unspecified atom stereocenters. The summed E-state index contributed by atoms with van der Waals surface area (Å²) < 4.78 is 5.82. The smallest absolute Gasteiger partial charge is 0.224 e. The number of nitrogens with one attached hydrogen (secondary N) is 2. The average Bonchev–Trinajstić information content (AvgIpc) is 2.52. The Morgan fingerprint density at radius 1 is 1.09 bits per heavy atom. The normalized spacial score (nSPS) is 17.7. The monoisotopic (exact) mass is 294 g/mol. The van der Waals surface area contributed by atoms with Gasteiger partial charge in [0.05, 0.1) is 6.04 Å². The second-order valence-corrected chi connectivity index (χ2v) is 5.25. The SMILES string of the molecule is C=C1NC(=O)CCC1Nc1cccc(Oc2ccccc2)c1. The molecule has 1 saturated heterocycles. The molecule has 112 valence electrons. The minimum Gasteiger partial charge on any atom is -0.457 e. The van der Waals surface area contributed by atoms with Crippen LogP contribution in [0.3, 0.4) is 0 Å². The molecule has 0 saturated carbocycles. The largest absolute Gasteiger partial charge is 0.457 e. The van der Waals surface area contributed by atoms with Crippen LogP contribution in [0.2, 0.25) is 0 Å². The number of para-hydroxylation sites is 1. The number of hydrogen-bond acceptors (Lipinski definition) is 3. The summed E-state index contributed by atoms with van der Waals surface area (Å²) in [5.41, 5.74) is 1.65. The van der Waals surface area contributed by atoms with E-state index in [0.29, 0.717) is 12.1 Å². The Labute approximate surface area is 129 Å². The van der Waals surface area contributed by atoms with E-state index >= 15 is 0 Å². The van der Waals surface area contributed by atoms with Crippen molar-refractivity contribution >= 4 is 11.6 Å². The lowest BCUT2D eigenvalue weighted by molar-refractivity contribution is -0.121. The van der Waals surface area contributed by atoms with Gasteiger partial charge in [0.1, 0.15) is 11.5 Å². The number of amides is 1. The van der Waals surface area contributed by atoms with Gasteiger partial charge >= 0.3 is 0 Å². The molecule has 1 heterocycles. The molecule has 2 aromatic rings. The molecule has 0 spiro atoms. The molecule has 0 radical (unpaired) electrons. The van der Waals surface area contributed by atoms with E-state index in [2.05, 4.69) is 17.2 Å². The van der Waals surface area contributed by atoms with Crippen LogP contribution in [-0.4, -0.2) is 11.9 Å².